The van der Waals surface area contributed by atoms with Crippen LogP contribution in [0.2, 0.25) is 0 Å². The Morgan fingerprint density at radius 1 is 1.10 bits per heavy atom. The van der Waals surface area contributed by atoms with Crippen LogP contribution in [-0.2, 0) is 12.8 Å². The Morgan fingerprint density at radius 2 is 1.95 bits per heavy atom. The Kier molecular flexibility index (Phi) is 3.88. The molecule has 0 amide bonds. The molecule has 0 unspecified atom stereocenters. The molecule has 3 rings (SSSR count). The summed E-state index contributed by atoms with van der Waals surface area (Å²) >= 11 is 1.38. The second-order valence-corrected chi connectivity index (χ2v) is 6.06. The standard InChI is InChI=1S/C17H15FOS/c18-15-5-2-6-16(10-15)20-11-17(19)14-8-7-12-3-1-4-13(12)9-14/h2,5-10H,1,3-4,11H2. The summed E-state index contributed by atoms with van der Waals surface area (Å²) in [4.78, 5) is 13.0. The van der Waals surface area contributed by atoms with E-state index >= 15 is 0 Å². The van der Waals surface area contributed by atoms with Crippen molar-refractivity contribution < 1.29 is 9.18 Å². The number of rotatable bonds is 4. The van der Waals surface area contributed by atoms with Crippen molar-refractivity contribution >= 4 is 17.5 Å². The molecule has 2 aromatic rings. The van der Waals surface area contributed by atoms with Crippen LogP contribution in [0.15, 0.2) is 47.4 Å². The van der Waals surface area contributed by atoms with Gasteiger partial charge in [-0.15, -0.1) is 11.8 Å². The van der Waals surface area contributed by atoms with Gasteiger partial charge in [0.2, 0.25) is 0 Å². The second kappa shape index (κ2) is 5.80. The van der Waals surface area contributed by atoms with Gasteiger partial charge in [0.05, 0.1) is 5.75 Å². The summed E-state index contributed by atoms with van der Waals surface area (Å²) in [6.45, 7) is 0. The van der Waals surface area contributed by atoms with Crippen molar-refractivity contribution in [2.45, 2.75) is 24.2 Å². The van der Waals surface area contributed by atoms with Gasteiger partial charge in [0.1, 0.15) is 5.82 Å². The predicted octanol–water partition coefficient (Wildman–Crippen LogP) is 4.29. The van der Waals surface area contributed by atoms with Gasteiger partial charge < -0.3 is 0 Å². The number of benzene rings is 2. The second-order valence-electron chi connectivity index (χ2n) is 5.01. The van der Waals surface area contributed by atoms with Crippen LogP contribution in [0.1, 0.15) is 27.9 Å². The fourth-order valence-electron chi connectivity index (χ4n) is 2.53. The minimum atomic E-state index is -0.264. The van der Waals surface area contributed by atoms with Gasteiger partial charge in [-0.1, -0.05) is 18.2 Å². The highest BCUT2D eigenvalue weighted by Gasteiger charge is 2.14. The zero-order chi connectivity index (χ0) is 13.9. The van der Waals surface area contributed by atoms with E-state index in [1.807, 2.05) is 18.2 Å². The lowest BCUT2D eigenvalue weighted by atomic mass is 10.0. The maximum Gasteiger partial charge on any atom is 0.173 e. The van der Waals surface area contributed by atoms with Crippen LogP contribution in [0.3, 0.4) is 0 Å². The fourth-order valence-corrected chi connectivity index (χ4v) is 3.37. The fraction of sp³-hybridized carbons (Fsp3) is 0.235. The van der Waals surface area contributed by atoms with Crippen LogP contribution in [0.5, 0.6) is 0 Å². The molecule has 0 atom stereocenters. The molecule has 1 aliphatic carbocycles. The molecule has 0 radical (unpaired) electrons. The first-order valence-electron chi connectivity index (χ1n) is 6.76. The monoisotopic (exact) mass is 286 g/mol. The van der Waals surface area contributed by atoms with Gasteiger partial charge >= 0.3 is 0 Å². The first kappa shape index (κ1) is 13.4. The molecule has 0 aromatic heterocycles. The molecule has 0 aliphatic heterocycles. The average Bonchev–Trinajstić information content (AvgIpc) is 2.92. The van der Waals surface area contributed by atoms with E-state index in [0.29, 0.717) is 5.75 Å². The van der Waals surface area contributed by atoms with E-state index in [1.165, 1.54) is 41.4 Å². The minimum absolute atomic E-state index is 0.106. The molecule has 20 heavy (non-hydrogen) atoms. The minimum Gasteiger partial charge on any atom is -0.293 e. The third kappa shape index (κ3) is 2.93. The molecule has 1 nitrogen and oxygen atoms in total. The number of carbonyl (C=O) groups excluding carboxylic acids is 1. The van der Waals surface area contributed by atoms with Gasteiger partial charge in [-0.25, -0.2) is 4.39 Å². The third-order valence-corrected chi connectivity index (χ3v) is 4.58. The van der Waals surface area contributed by atoms with E-state index in [-0.39, 0.29) is 11.6 Å². The average molecular weight is 286 g/mol. The number of aryl methyl sites for hydroxylation is 2. The Morgan fingerprint density at radius 3 is 2.80 bits per heavy atom. The van der Waals surface area contributed by atoms with Crippen LogP contribution in [0.4, 0.5) is 4.39 Å². The predicted molar refractivity (Wildman–Crippen MR) is 79.9 cm³/mol. The molecule has 0 spiro atoms. The third-order valence-electron chi connectivity index (χ3n) is 3.59. The lowest BCUT2D eigenvalue weighted by molar-refractivity contribution is 0.102. The van der Waals surface area contributed by atoms with E-state index in [2.05, 4.69) is 6.07 Å². The van der Waals surface area contributed by atoms with Gasteiger partial charge in [-0.3, -0.25) is 4.79 Å². The molecule has 0 heterocycles. The van der Waals surface area contributed by atoms with Crippen molar-refractivity contribution in [3.63, 3.8) is 0 Å². The molecular weight excluding hydrogens is 271 g/mol. The smallest absolute Gasteiger partial charge is 0.173 e. The number of fused-ring (bicyclic) bond motifs is 1. The molecule has 3 heteroatoms. The van der Waals surface area contributed by atoms with E-state index in [4.69, 9.17) is 0 Å². The summed E-state index contributed by atoms with van der Waals surface area (Å²) in [6, 6.07) is 12.4. The number of thioether (sulfide) groups is 1. The molecular formula is C17H15FOS. The Hall–Kier alpha value is -1.61. The SMILES string of the molecule is O=C(CSc1cccc(F)c1)c1ccc2c(c1)CCC2. The number of hydrogen-bond donors (Lipinski definition) is 0. The van der Waals surface area contributed by atoms with Gasteiger partial charge in [-0.05, 0) is 54.7 Å². The highest BCUT2D eigenvalue weighted by Crippen LogP contribution is 2.24. The molecule has 0 saturated heterocycles. The van der Waals surface area contributed by atoms with Crippen molar-refractivity contribution in [3.05, 3.63) is 65.0 Å². The summed E-state index contributed by atoms with van der Waals surface area (Å²) in [5.41, 5.74) is 3.46. The van der Waals surface area contributed by atoms with Crippen LogP contribution >= 0.6 is 11.8 Å². The summed E-state index contributed by atoms with van der Waals surface area (Å²) in [7, 11) is 0. The molecule has 0 N–H and O–H groups in total. The number of ketones is 1. The molecule has 1 aliphatic rings. The maximum atomic E-state index is 13.1. The Balaban J connectivity index is 1.67. The van der Waals surface area contributed by atoms with Crippen LogP contribution in [0.25, 0.3) is 0 Å². The number of Topliss-reactive ketones (excluding diaryl/α,β-unsaturated/α-hetero) is 1. The first-order chi connectivity index (χ1) is 9.72. The van der Waals surface area contributed by atoms with Crippen LogP contribution in [-0.4, -0.2) is 11.5 Å². The lowest BCUT2D eigenvalue weighted by Crippen LogP contribution is -2.03. The maximum absolute atomic E-state index is 13.1. The van der Waals surface area contributed by atoms with Crippen LogP contribution < -0.4 is 0 Å². The summed E-state index contributed by atoms with van der Waals surface area (Å²) in [5, 5.41) is 0. The molecule has 0 fully saturated rings. The first-order valence-corrected chi connectivity index (χ1v) is 7.74. The number of carbonyl (C=O) groups is 1. The molecule has 0 saturated carbocycles. The van der Waals surface area contributed by atoms with Crippen molar-refractivity contribution in [1.82, 2.24) is 0 Å². The van der Waals surface area contributed by atoms with Crippen LogP contribution in [0, 0.1) is 5.82 Å². The molecule has 102 valence electrons. The highest BCUT2D eigenvalue weighted by molar-refractivity contribution is 8.00. The van der Waals surface area contributed by atoms with E-state index in [1.54, 1.807) is 6.07 Å². The van der Waals surface area contributed by atoms with Crippen molar-refractivity contribution in [1.29, 1.82) is 0 Å². The zero-order valence-corrected chi connectivity index (χ0v) is 11.9. The van der Waals surface area contributed by atoms with E-state index in [9.17, 15) is 9.18 Å². The van der Waals surface area contributed by atoms with Gasteiger partial charge in [0, 0.05) is 10.5 Å². The largest absolute Gasteiger partial charge is 0.293 e. The topological polar surface area (TPSA) is 17.1 Å². The van der Waals surface area contributed by atoms with Crippen molar-refractivity contribution in [3.8, 4) is 0 Å². The normalized spacial score (nSPS) is 13.2. The summed E-state index contributed by atoms with van der Waals surface area (Å²) in [5.74, 6) is 0.191. The summed E-state index contributed by atoms with van der Waals surface area (Å²) in [6.07, 6.45) is 3.39. The Labute approximate surface area is 122 Å². The van der Waals surface area contributed by atoms with Crippen molar-refractivity contribution in [2.75, 3.05) is 5.75 Å². The number of halogens is 1. The summed E-state index contributed by atoms with van der Waals surface area (Å²) < 4.78 is 13.1. The Bertz CT molecular complexity index is 651. The van der Waals surface area contributed by atoms with Gasteiger partial charge in [-0.2, -0.15) is 0 Å². The van der Waals surface area contributed by atoms with E-state index in [0.717, 1.165) is 23.3 Å². The highest BCUT2D eigenvalue weighted by atomic mass is 32.2. The number of hydrogen-bond acceptors (Lipinski definition) is 2. The lowest BCUT2D eigenvalue weighted by Gasteiger charge is -2.05. The van der Waals surface area contributed by atoms with E-state index < -0.39 is 0 Å². The van der Waals surface area contributed by atoms with Crippen molar-refractivity contribution in [2.24, 2.45) is 0 Å². The van der Waals surface area contributed by atoms with Gasteiger partial charge in [0.25, 0.3) is 0 Å². The van der Waals surface area contributed by atoms with Gasteiger partial charge in [0.15, 0.2) is 5.78 Å². The zero-order valence-electron chi connectivity index (χ0n) is 11.1. The quantitative estimate of drug-likeness (QED) is 0.616. The molecule has 2 aromatic carbocycles. The molecule has 0 bridgehead atoms.